The van der Waals surface area contributed by atoms with Gasteiger partial charge >= 0.3 is 0 Å². The van der Waals surface area contributed by atoms with Crippen molar-refractivity contribution in [3.05, 3.63) is 66.0 Å². The number of hydrogen-bond acceptors (Lipinski definition) is 5. The minimum absolute atomic E-state index is 0.0740. The van der Waals surface area contributed by atoms with Crippen LogP contribution >= 0.6 is 11.8 Å². The molecule has 6 nitrogen and oxygen atoms in total. The Kier molecular flexibility index (Phi) is 7.02. The molecule has 30 heavy (non-hydrogen) atoms. The number of benzene rings is 1. The minimum atomic E-state index is -0.387. The van der Waals surface area contributed by atoms with Gasteiger partial charge in [-0.15, -0.1) is 11.8 Å². The molecule has 0 N–H and O–H groups in total. The van der Waals surface area contributed by atoms with Crippen molar-refractivity contribution in [3.63, 3.8) is 0 Å². The van der Waals surface area contributed by atoms with Crippen LogP contribution in [0.2, 0.25) is 0 Å². The van der Waals surface area contributed by atoms with Crippen molar-refractivity contribution >= 4 is 24.1 Å². The third kappa shape index (κ3) is 4.84. The maximum absolute atomic E-state index is 13.1. The molecule has 2 fully saturated rings. The van der Waals surface area contributed by atoms with Crippen LogP contribution in [0.3, 0.4) is 0 Å². The fourth-order valence-electron chi connectivity index (χ4n) is 4.19. The first-order chi connectivity index (χ1) is 14.8. The molecule has 0 spiro atoms. The van der Waals surface area contributed by atoms with Crippen molar-refractivity contribution in [1.82, 2.24) is 19.7 Å². The fraction of sp³-hybridized carbons (Fsp3) is 0.435. The smallest absolute Gasteiger partial charge is 0.246 e. The largest absolute Gasteiger partial charge is 0.338 e. The molecule has 1 aromatic heterocycles. The first-order valence-corrected chi connectivity index (χ1v) is 11.6. The Morgan fingerprint density at radius 2 is 1.90 bits per heavy atom. The number of hydrogen-bond donors (Lipinski definition) is 0. The second-order valence-corrected chi connectivity index (χ2v) is 8.91. The molecule has 1 unspecified atom stereocenters. The summed E-state index contributed by atoms with van der Waals surface area (Å²) < 4.78 is 0. The highest BCUT2D eigenvalue weighted by atomic mass is 32.2. The van der Waals surface area contributed by atoms with E-state index in [1.807, 2.05) is 23.1 Å². The zero-order chi connectivity index (χ0) is 20.8. The number of piperazine rings is 1. The summed E-state index contributed by atoms with van der Waals surface area (Å²) in [7, 11) is 0. The predicted molar refractivity (Wildman–Crippen MR) is 119 cm³/mol. The molecule has 1 aromatic carbocycles. The summed E-state index contributed by atoms with van der Waals surface area (Å²) in [5.74, 6) is 0.707. The number of carbonyl (C=O) groups excluding carboxylic acids is 2. The van der Waals surface area contributed by atoms with Crippen LogP contribution in [0.15, 0.2) is 54.9 Å². The number of pyridine rings is 1. The van der Waals surface area contributed by atoms with Gasteiger partial charge < -0.3 is 9.80 Å². The molecule has 7 heteroatoms. The van der Waals surface area contributed by atoms with Gasteiger partial charge in [-0.2, -0.15) is 0 Å². The van der Waals surface area contributed by atoms with Crippen molar-refractivity contribution in [1.29, 1.82) is 0 Å². The molecular formula is C23H28N4O2S. The Labute approximate surface area is 182 Å². The van der Waals surface area contributed by atoms with Crippen molar-refractivity contribution < 1.29 is 9.59 Å². The van der Waals surface area contributed by atoms with Crippen LogP contribution in [-0.2, 0) is 16.0 Å². The van der Waals surface area contributed by atoms with Crippen molar-refractivity contribution in [2.24, 2.45) is 0 Å². The van der Waals surface area contributed by atoms with E-state index in [-0.39, 0.29) is 17.3 Å². The third-order valence-corrected chi connectivity index (χ3v) is 7.23. The van der Waals surface area contributed by atoms with Gasteiger partial charge in [-0.05, 0) is 31.0 Å². The van der Waals surface area contributed by atoms with Gasteiger partial charge in [0.1, 0.15) is 11.4 Å². The quantitative estimate of drug-likeness (QED) is 0.639. The zero-order valence-corrected chi connectivity index (χ0v) is 17.9. The first kappa shape index (κ1) is 20.9. The standard InChI is InChI=1S/C23H28N4O2S/c28-18-27-21(17-30-23(27)20-9-4-10-24-16-20)22(29)26-14-12-25(13-15-26)11-5-8-19-6-2-1-3-7-19/h1-4,6-7,9-10,16,18,21,23H,5,8,11-15,17H2/t21-,23?/m0/s1. The molecule has 4 rings (SSSR count). The van der Waals surface area contributed by atoms with E-state index in [9.17, 15) is 9.59 Å². The van der Waals surface area contributed by atoms with Gasteiger partial charge in [-0.25, -0.2) is 0 Å². The number of aromatic nitrogens is 1. The summed E-state index contributed by atoms with van der Waals surface area (Å²) in [6, 6.07) is 14.0. The highest BCUT2D eigenvalue weighted by Crippen LogP contribution is 2.40. The minimum Gasteiger partial charge on any atom is -0.338 e. The predicted octanol–water partition coefficient (Wildman–Crippen LogP) is 2.43. The number of nitrogens with zero attached hydrogens (tertiary/aromatic N) is 4. The molecule has 2 aromatic rings. The average Bonchev–Trinajstić information content (AvgIpc) is 3.24. The second-order valence-electron chi connectivity index (χ2n) is 7.80. The third-order valence-electron chi connectivity index (χ3n) is 5.89. The Morgan fingerprint density at radius 1 is 1.10 bits per heavy atom. The molecule has 158 valence electrons. The number of aryl methyl sites for hydroxylation is 1. The Bertz CT molecular complexity index is 828. The van der Waals surface area contributed by atoms with E-state index in [1.54, 1.807) is 29.1 Å². The van der Waals surface area contributed by atoms with E-state index in [4.69, 9.17) is 0 Å². The lowest BCUT2D eigenvalue weighted by Gasteiger charge is -2.37. The summed E-state index contributed by atoms with van der Waals surface area (Å²) in [4.78, 5) is 35.1. The van der Waals surface area contributed by atoms with Gasteiger partial charge in [0.05, 0.1) is 0 Å². The Balaban J connectivity index is 1.26. The lowest BCUT2D eigenvalue weighted by atomic mass is 10.1. The van der Waals surface area contributed by atoms with Crippen LogP contribution in [0.1, 0.15) is 22.9 Å². The molecular weight excluding hydrogens is 396 g/mol. The molecule has 0 radical (unpaired) electrons. The van der Waals surface area contributed by atoms with E-state index in [0.29, 0.717) is 5.75 Å². The normalized spacial score (nSPS) is 22.3. The van der Waals surface area contributed by atoms with E-state index in [0.717, 1.165) is 57.5 Å². The Morgan fingerprint density at radius 3 is 2.60 bits per heavy atom. The van der Waals surface area contributed by atoms with Crippen molar-refractivity contribution in [3.8, 4) is 0 Å². The number of amides is 2. The summed E-state index contributed by atoms with van der Waals surface area (Å²) in [5, 5.41) is -0.135. The molecule has 2 aliphatic heterocycles. The number of thioether (sulfide) groups is 1. The summed E-state index contributed by atoms with van der Waals surface area (Å²) >= 11 is 1.63. The van der Waals surface area contributed by atoms with Gasteiger partial charge in [-0.1, -0.05) is 36.4 Å². The maximum Gasteiger partial charge on any atom is 0.246 e. The van der Waals surface area contributed by atoms with E-state index >= 15 is 0 Å². The van der Waals surface area contributed by atoms with Crippen LogP contribution in [0.4, 0.5) is 0 Å². The molecule has 3 heterocycles. The first-order valence-electron chi connectivity index (χ1n) is 10.6. The molecule has 2 atom stereocenters. The van der Waals surface area contributed by atoms with Crippen molar-refractivity contribution in [2.75, 3.05) is 38.5 Å². The molecule has 0 aliphatic carbocycles. The summed E-state index contributed by atoms with van der Waals surface area (Å²) in [6.45, 7) is 4.31. The summed E-state index contributed by atoms with van der Waals surface area (Å²) in [6.07, 6.45) is 6.53. The Hall–Kier alpha value is -2.38. The zero-order valence-electron chi connectivity index (χ0n) is 17.1. The molecule has 0 bridgehead atoms. The molecule has 2 aliphatic rings. The molecule has 0 saturated carbocycles. The van der Waals surface area contributed by atoms with Crippen LogP contribution < -0.4 is 0 Å². The number of carbonyl (C=O) groups is 2. The van der Waals surface area contributed by atoms with Gasteiger partial charge in [0, 0.05) is 49.9 Å². The van der Waals surface area contributed by atoms with Gasteiger partial charge in [0.15, 0.2) is 0 Å². The van der Waals surface area contributed by atoms with E-state index < -0.39 is 0 Å². The van der Waals surface area contributed by atoms with Crippen LogP contribution in [0.5, 0.6) is 0 Å². The monoisotopic (exact) mass is 424 g/mol. The van der Waals surface area contributed by atoms with Crippen LogP contribution in [0.25, 0.3) is 0 Å². The van der Waals surface area contributed by atoms with Gasteiger partial charge in [-0.3, -0.25) is 19.5 Å². The number of rotatable bonds is 7. The average molecular weight is 425 g/mol. The van der Waals surface area contributed by atoms with Gasteiger partial charge in [0.25, 0.3) is 0 Å². The lowest BCUT2D eigenvalue weighted by Crippen LogP contribution is -2.54. The van der Waals surface area contributed by atoms with Crippen LogP contribution in [-0.4, -0.2) is 76.5 Å². The van der Waals surface area contributed by atoms with E-state index in [2.05, 4.69) is 34.1 Å². The van der Waals surface area contributed by atoms with Crippen LogP contribution in [0, 0.1) is 0 Å². The SMILES string of the molecule is O=CN1C(c2cccnc2)SC[C@H]1C(=O)N1CCN(CCCc2ccccc2)CC1. The maximum atomic E-state index is 13.1. The lowest BCUT2D eigenvalue weighted by molar-refractivity contribution is -0.141. The highest BCUT2D eigenvalue weighted by molar-refractivity contribution is 7.99. The molecule has 2 saturated heterocycles. The van der Waals surface area contributed by atoms with E-state index in [1.165, 1.54) is 5.56 Å². The summed E-state index contributed by atoms with van der Waals surface area (Å²) in [5.41, 5.74) is 2.34. The molecule has 2 amide bonds. The van der Waals surface area contributed by atoms with Crippen molar-refractivity contribution in [2.45, 2.75) is 24.3 Å². The second kappa shape index (κ2) is 10.1. The topological polar surface area (TPSA) is 56.8 Å². The highest BCUT2D eigenvalue weighted by Gasteiger charge is 2.40. The fourth-order valence-corrected chi connectivity index (χ4v) is 5.57. The van der Waals surface area contributed by atoms with Gasteiger partial charge in [0.2, 0.25) is 12.3 Å².